The lowest BCUT2D eigenvalue weighted by molar-refractivity contribution is 0.0601. The zero-order valence-corrected chi connectivity index (χ0v) is 11.1. The molecule has 1 saturated heterocycles. The van der Waals surface area contributed by atoms with Gasteiger partial charge in [0.25, 0.3) is 0 Å². The quantitative estimate of drug-likeness (QED) is 0.813. The highest BCUT2D eigenvalue weighted by Crippen LogP contribution is 2.23. The number of ether oxygens (including phenoxy) is 1. The summed E-state index contributed by atoms with van der Waals surface area (Å²) in [6.45, 7) is 0. The third-order valence-corrected chi connectivity index (χ3v) is 3.93. The average molecular weight is 267 g/mol. The van der Waals surface area contributed by atoms with Crippen molar-refractivity contribution in [3.05, 3.63) is 17.8 Å². The first-order valence-corrected chi connectivity index (χ1v) is 7.04. The van der Waals surface area contributed by atoms with Crippen molar-refractivity contribution in [2.75, 3.05) is 29.7 Å². The Labute approximate surface area is 110 Å². The maximum atomic E-state index is 11.7. The molecule has 0 radical (unpaired) electrons. The van der Waals surface area contributed by atoms with E-state index in [0.717, 1.165) is 24.3 Å². The van der Waals surface area contributed by atoms with Crippen LogP contribution in [0.25, 0.3) is 0 Å². The molecule has 0 atom stereocenters. The molecule has 3 N–H and O–H groups in total. The summed E-state index contributed by atoms with van der Waals surface area (Å²) >= 11 is 1.95. The molecule has 1 aromatic rings. The van der Waals surface area contributed by atoms with Crippen LogP contribution < -0.4 is 11.1 Å². The molecule has 0 bridgehead atoms. The molecule has 1 aliphatic heterocycles. The highest BCUT2D eigenvalue weighted by atomic mass is 32.2. The molecule has 0 spiro atoms. The van der Waals surface area contributed by atoms with Crippen LogP contribution in [0.3, 0.4) is 0 Å². The first kappa shape index (κ1) is 13.0. The van der Waals surface area contributed by atoms with Crippen molar-refractivity contribution in [3.63, 3.8) is 0 Å². The Morgan fingerprint density at radius 1 is 1.56 bits per heavy atom. The third-order valence-electron chi connectivity index (χ3n) is 2.88. The van der Waals surface area contributed by atoms with Gasteiger partial charge in [-0.1, -0.05) is 0 Å². The van der Waals surface area contributed by atoms with E-state index in [0.29, 0.717) is 23.1 Å². The van der Waals surface area contributed by atoms with Crippen molar-refractivity contribution in [1.82, 2.24) is 4.98 Å². The Balaban J connectivity index is 2.17. The number of nitrogens with zero attached hydrogens (tertiary/aromatic N) is 1. The number of thioether (sulfide) groups is 1. The van der Waals surface area contributed by atoms with Crippen molar-refractivity contribution in [1.29, 1.82) is 0 Å². The molecule has 0 unspecified atom stereocenters. The summed E-state index contributed by atoms with van der Waals surface area (Å²) in [5, 5.41) is 3.31. The molecule has 1 aromatic heterocycles. The van der Waals surface area contributed by atoms with E-state index in [2.05, 4.69) is 10.3 Å². The van der Waals surface area contributed by atoms with E-state index in [4.69, 9.17) is 10.5 Å². The number of esters is 1. The van der Waals surface area contributed by atoms with Crippen LogP contribution in [-0.4, -0.2) is 35.6 Å². The normalized spacial score (nSPS) is 16.3. The second-order valence-electron chi connectivity index (χ2n) is 4.19. The molecule has 0 aromatic carbocycles. The number of carbonyl (C=O) groups is 1. The van der Waals surface area contributed by atoms with Crippen LogP contribution in [0, 0.1) is 0 Å². The minimum atomic E-state index is -0.414. The number of hydrogen-bond donors (Lipinski definition) is 2. The smallest absolute Gasteiger partial charge is 0.341 e. The fourth-order valence-corrected chi connectivity index (χ4v) is 3.00. The maximum absolute atomic E-state index is 11.7. The lowest BCUT2D eigenvalue weighted by Crippen LogP contribution is -2.26. The van der Waals surface area contributed by atoms with Gasteiger partial charge in [-0.2, -0.15) is 11.8 Å². The van der Waals surface area contributed by atoms with Crippen molar-refractivity contribution in [3.8, 4) is 0 Å². The fourth-order valence-electron chi connectivity index (χ4n) is 1.90. The second-order valence-corrected chi connectivity index (χ2v) is 5.41. The maximum Gasteiger partial charge on any atom is 0.341 e. The largest absolute Gasteiger partial charge is 0.465 e. The molecule has 0 saturated carbocycles. The summed E-state index contributed by atoms with van der Waals surface area (Å²) < 4.78 is 4.74. The lowest BCUT2D eigenvalue weighted by Gasteiger charge is -2.23. The highest BCUT2D eigenvalue weighted by molar-refractivity contribution is 7.99. The molecule has 2 rings (SSSR count). The summed E-state index contributed by atoms with van der Waals surface area (Å²) in [4.78, 5) is 15.9. The summed E-state index contributed by atoms with van der Waals surface area (Å²) in [7, 11) is 1.35. The van der Waals surface area contributed by atoms with Gasteiger partial charge in [0.1, 0.15) is 11.4 Å². The van der Waals surface area contributed by atoms with Gasteiger partial charge in [-0.3, -0.25) is 0 Å². The number of hydrogen-bond acceptors (Lipinski definition) is 6. The molecule has 98 valence electrons. The number of nitrogens with two attached hydrogens (primary N) is 1. The number of carbonyl (C=O) groups excluding carboxylic acids is 1. The van der Waals surface area contributed by atoms with Gasteiger partial charge >= 0.3 is 5.97 Å². The number of rotatable bonds is 3. The van der Waals surface area contributed by atoms with Crippen LogP contribution in [0.2, 0.25) is 0 Å². The highest BCUT2D eigenvalue weighted by Gasteiger charge is 2.19. The Bertz CT molecular complexity index is 433. The number of methoxy groups -OCH3 is 1. The molecule has 1 fully saturated rings. The summed E-state index contributed by atoms with van der Waals surface area (Å²) in [5.74, 6) is 2.43. The third kappa shape index (κ3) is 3.07. The van der Waals surface area contributed by atoms with Gasteiger partial charge < -0.3 is 15.8 Å². The lowest BCUT2D eigenvalue weighted by atomic mass is 10.1. The van der Waals surface area contributed by atoms with Crippen molar-refractivity contribution >= 4 is 29.2 Å². The van der Waals surface area contributed by atoms with E-state index in [1.807, 2.05) is 11.8 Å². The van der Waals surface area contributed by atoms with E-state index in [-0.39, 0.29) is 0 Å². The van der Waals surface area contributed by atoms with Crippen LogP contribution in [0.15, 0.2) is 12.3 Å². The Kier molecular flexibility index (Phi) is 4.30. The van der Waals surface area contributed by atoms with Crippen LogP contribution in [0.5, 0.6) is 0 Å². The SMILES string of the molecule is COC(=O)c1cc(N)cnc1NC1CCSCC1. The summed E-state index contributed by atoms with van der Waals surface area (Å²) in [6, 6.07) is 1.96. The van der Waals surface area contributed by atoms with Gasteiger partial charge in [0.15, 0.2) is 0 Å². The molecule has 18 heavy (non-hydrogen) atoms. The van der Waals surface area contributed by atoms with Gasteiger partial charge in [0.05, 0.1) is 19.0 Å². The molecule has 5 nitrogen and oxygen atoms in total. The van der Waals surface area contributed by atoms with Crippen LogP contribution in [0.4, 0.5) is 11.5 Å². The minimum absolute atomic E-state index is 0.366. The Morgan fingerprint density at radius 3 is 2.94 bits per heavy atom. The summed E-state index contributed by atoms with van der Waals surface area (Å²) in [5.41, 5.74) is 6.51. The monoisotopic (exact) mass is 267 g/mol. The zero-order valence-electron chi connectivity index (χ0n) is 10.3. The van der Waals surface area contributed by atoms with E-state index >= 15 is 0 Å². The number of nitrogens with one attached hydrogen (secondary N) is 1. The van der Waals surface area contributed by atoms with E-state index < -0.39 is 5.97 Å². The van der Waals surface area contributed by atoms with E-state index in [9.17, 15) is 4.79 Å². The van der Waals surface area contributed by atoms with Crippen molar-refractivity contribution in [2.24, 2.45) is 0 Å². The molecule has 0 aliphatic carbocycles. The summed E-state index contributed by atoms with van der Waals surface area (Å²) in [6.07, 6.45) is 3.71. The van der Waals surface area contributed by atoms with Crippen molar-refractivity contribution in [2.45, 2.75) is 18.9 Å². The predicted molar refractivity (Wildman–Crippen MR) is 74.0 cm³/mol. The average Bonchev–Trinajstić information content (AvgIpc) is 2.41. The van der Waals surface area contributed by atoms with E-state index in [1.54, 1.807) is 12.3 Å². The molecular weight excluding hydrogens is 250 g/mol. The number of anilines is 2. The Morgan fingerprint density at radius 2 is 2.28 bits per heavy atom. The van der Waals surface area contributed by atoms with Gasteiger partial charge in [0.2, 0.25) is 0 Å². The zero-order chi connectivity index (χ0) is 13.0. The predicted octanol–water partition coefficient (Wildman–Crippen LogP) is 1.76. The van der Waals surface area contributed by atoms with Crippen LogP contribution in [-0.2, 0) is 4.74 Å². The Hall–Kier alpha value is -1.43. The number of aromatic nitrogens is 1. The van der Waals surface area contributed by atoms with Gasteiger partial charge in [-0.05, 0) is 30.4 Å². The molecule has 2 heterocycles. The van der Waals surface area contributed by atoms with Gasteiger partial charge in [-0.15, -0.1) is 0 Å². The minimum Gasteiger partial charge on any atom is -0.465 e. The standard InChI is InChI=1S/C12H17N3O2S/c1-17-12(16)10-6-8(13)7-14-11(10)15-9-2-4-18-5-3-9/h6-7,9H,2-5,13H2,1H3,(H,14,15). The fraction of sp³-hybridized carbons (Fsp3) is 0.500. The molecule has 0 amide bonds. The van der Waals surface area contributed by atoms with Crippen molar-refractivity contribution < 1.29 is 9.53 Å². The van der Waals surface area contributed by atoms with Crippen LogP contribution >= 0.6 is 11.8 Å². The van der Waals surface area contributed by atoms with Gasteiger partial charge in [0, 0.05) is 6.04 Å². The first-order valence-electron chi connectivity index (χ1n) is 5.89. The van der Waals surface area contributed by atoms with Crippen LogP contribution in [0.1, 0.15) is 23.2 Å². The van der Waals surface area contributed by atoms with E-state index in [1.165, 1.54) is 7.11 Å². The molecular formula is C12H17N3O2S. The number of nitrogen functional groups attached to an aromatic ring is 1. The molecule has 1 aliphatic rings. The first-order chi connectivity index (χ1) is 8.70. The number of pyridine rings is 1. The van der Waals surface area contributed by atoms with Gasteiger partial charge in [-0.25, -0.2) is 9.78 Å². The topological polar surface area (TPSA) is 77.2 Å². The molecule has 6 heteroatoms. The second kappa shape index (κ2) is 5.95.